The highest BCUT2D eigenvalue weighted by molar-refractivity contribution is 6.28. The number of halogens is 4. The first kappa shape index (κ1) is 22.7. The van der Waals surface area contributed by atoms with Gasteiger partial charge in [-0.1, -0.05) is 0 Å². The van der Waals surface area contributed by atoms with E-state index >= 15 is 0 Å². The van der Waals surface area contributed by atoms with Crippen LogP contribution in [-0.2, 0) is 4.79 Å². The number of aliphatic hydroxyl groups excluding tert-OH is 2. The van der Waals surface area contributed by atoms with Crippen LogP contribution in [0.25, 0.3) is 11.2 Å². The first-order chi connectivity index (χ1) is 14.4. The van der Waals surface area contributed by atoms with Gasteiger partial charge < -0.3 is 25.6 Å². The molecule has 1 aliphatic rings. The van der Waals surface area contributed by atoms with E-state index in [1.165, 1.54) is 6.33 Å². The minimum atomic E-state index is -5.08. The molecule has 0 saturated heterocycles. The van der Waals surface area contributed by atoms with Crippen molar-refractivity contribution < 1.29 is 33.3 Å². The highest BCUT2D eigenvalue weighted by Crippen LogP contribution is 2.39. The Labute approximate surface area is 176 Å². The number of hydrogen-bond donors (Lipinski definition) is 4. The molecule has 5 N–H and O–H groups in total. The maximum atomic E-state index is 10.6. The molecule has 0 unspecified atom stereocenters. The van der Waals surface area contributed by atoms with E-state index in [0.717, 1.165) is 5.56 Å². The van der Waals surface area contributed by atoms with Crippen LogP contribution in [0.5, 0.6) is 0 Å². The van der Waals surface area contributed by atoms with E-state index in [-0.39, 0.29) is 17.1 Å². The largest absolute Gasteiger partial charge is 0.490 e. The Kier molecular flexibility index (Phi) is 6.07. The third-order valence-corrected chi connectivity index (χ3v) is 4.88. The average molecular weight is 464 g/mol. The van der Waals surface area contributed by atoms with E-state index in [2.05, 4.69) is 20.1 Å². The molecule has 3 aromatic rings. The Morgan fingerprint density at radius 3 is 2.42 bits per heavy atom. The van der Waals surface area contributed by atoms with Crippen molar-refractivity contribution in [3.8, 4) is 0 Å². The average Bonchev–Trinajstić information content (AvgIpc) is 3.34. The molecule has 1 aliphatic carbocycles. The van der Waals surface area contributed by atoms with Crippen molar-refractivity contribution in [2.24, 2.45) is 0 Å². The third kappa shape index (κ3) is 4.55. The fourth-order valence-electron chi connectivity index (χ4n) is 3.29. The zero-order chi connectivity index (χ0) is 23.1. The smallest absolute Gasteiger partial charge is 0.475 e. The molecule has 4 rings (SSSR count). The van der Waals surface area contributed by atoms with E-state index in [0.29, 0.717) is 17.6 Å². The summed E-state index contributed by atoms with van der Waals surface area (Å²) in [6.07, 6.45) is -1.48. The van der Waals surface area contributed by atoms with Crippen molar-refractivity contribution in [1.29, 1.82) is 0 Å². The molecule has 4 atom stereocenters. The number of alkyl halides is 3. The number of aromatic nitrogens is 6. The van der Waals surface area contributed by atoms with Gasteiger partial charge in [0.05, 0.1) is 24.6 Å². The van der Waals surface area contributed by atoms with Gasteiger partial charge in [0.1, 0.15) is 17.7 Å². The number of carboxylic acid groups (broad SMARTS) is 1. The van der Waals surface area contributed by atoms with E-state index in [1.807, 2.05) is 13.1 Å². The first-order valence-electron chi connectivity index (χ1n) is 8.72. The maximum Gasteiger partial charge on any atom is 0.490 e. The second kappa shape index (κ2) is 8.28. The number of nitrogens with two attached hydrogens (primary N) is 1. The lowest BCUT2D eigenvalue weighted by molar-refractivity contribution is -0.192. The number of rotatable bonds is 2. The molecule has 0 aromatic carbocycles. The van der Waals surface area contributed by atoms with Gasteiger partial charge in [-0.15, -0.1) is 0 Å². The molecule has 1 saturated carbocycles. The summed E-state index contributed by atoms with van der Waals surface area (Å²) in [7, 11) is 0. The molecule has 0 amide bonds. The topological polar surface area (TPSA) is 165 Å². The van der Waals surface area contributed by atoms with Crippen LogP contribution >= 0.6 is 11.6 Å². The number of aliphatic carboxylic acids is 1. The van der Waals surface area contributed by atoms with E-state index in [9.17, 15) is 23.4 Å². The summed E-state index contributed by atoms with van der Waals surface area (Å²) in [5.41, 5.74) is 7.65. The maximum absolute atomic E-state index is 10.6. The van der Waals surface area contributed by atoms with Gasteiger partial charge in [-0.3, -0.25) is 4.68 Å². The lowest BCUT2D eigenvalue weighted by atomic mass is 10.2. The SMILES string of the molecule is Cc1cnn([C@H]2C[C@@H](n3cnc4c(N)nc(Cl)nc43)[C@H](O)[C@@H]2O)c1.O=C(O)C(F)(F)F. The normalized spacial score (nSPS) is 23.6. The molecule has 0 spiro atoms. The van der Waals surface area contributed by atoms with Gasteiger partial charge >= 0.3 is 12.1 Å². The first-order valence-corrected chi connectivity index (χ1v) is 9.10. The zero-order valence-corrected chi connectivity index (χ0v) is 16.5. The number of nitrogen functional groups attached to an aromatic ring is 1. The van der Waals surface area contributed by atoms with Crippen LogP contribution in [0.1, 0.15) is 24.1 Å². The van der Waals surface area contributed by atoms with Crippen molar-refractivity contribution in [2.75, 3.05) is 5.73 Å². The molecule has 0 aliphatic heterocycles. The molecule has 168 valence electrons. The van der Waals surface area contributed by atoms with Gasteiger partial charge in [-0.05, 0) is 30.5 Å². The Bertz CT molecular complexity index is 1100. The van der Waals surface area contributed by atoms with Gasteiger partial charge in [-0.25, -0.2) is 9.78 Å². The van der Waals surface area contributed by atoms with Crippen LogP contribution in [0, 0.1) is 6.92 Å². The molecule has 3 heterocycles. The predicted octanol–water partition coefficient (Wildman–Crippen LogP) is 1.11. The fraction of sp³-hybridized carbons (Fsp3) is 0.438. The van der Waals surface area contributed by atoms with Crippen LogP contribution in [0.3, 0.4) is 0 Å². The number of hydrogen-bond acceptors (Lipinski definition) is 8. The van der Waals surface area contributed by atoms with Gasteiger partial charge in [0.15, 0.2) is 11.5 Å². The van der Waals surface area contributed by atoms with Crippen molar-refractivity contribution >= 4 is 34.6 Å². The van der Waals surface area contributed by atoms with E-state index < -0.39 is 30.4 Å². The fourth-order valence-corrected chi connectivity index (χ4v) is 3.46. The second-order valence-corrected chi connectivity index (χ2v) is 7.19. The summed E-state index contributed by atoms with van der Waals surface area (Å²) in [6.45, 7) is 1.92. The van der Waals surface area contributed by atoms with E-state index in [1.54, 1.807) is 15.4 Å². The van der Waals surface area contributed by atoms with Gasteiger partial charge in [0.25, 0.3) is 0 Å². The monoisotopic (exact) mass is 463 g/mol. The minimum absolute atomic E-state index is 0.00837. The van der Waals surface area contributed by atoms with Crippen LogP contribution < -0.4 is 5.73 Å². The van der Waals surface area contributed by atoms with Crippen LogP contribution in [0.2, 0.25) is 5.28 Å². The molecule has 15 heteroatoms. The standard InChI is InChI=1S/C14H16ClN7O2.C2HF3O2/c1-6-3-18-22(4-6)8-2-7(10(23)11(8)24)21-5-17-9-12(16)19-14(15)20-13(9)21;3-2(4,5)1(6)7/h3-5,7-8,10-11,23-24H,2H2,1H3,(H2,16,19,20);(H,6,7)/t7-,8+,10+,11-;/m1./s1. The molecular formula is C16H17ClF3N7O4. The Balaban J connectivity index is 0.000000339. The van der Waals surface area contributed by atoms with Crippen molar-refractivity contribution in [2.45, 2.75) is 43.8 Å². The number of fused-ring (bicyclic) bond motifs is 1. The third-order valence-electron chi connectivity index (χ3n) is 4.71. The summed E-state index contributed by atoms with van der Waals surface area (Å²) in [6, 6.07) is -0.768. The molecule has 11 nitrogen and oxygen atoms in total. The van der Waals surface area contributed by atoms with Crippen molar-refractivity contribution in [1.82, 2.24) is 29.3 Å². The number of aliphatic hydroxyl groups is 2. The summed E-state index contributed by atoms with van der Waals surface area (Å²) in [5.74, 6) is -2.58. The van der Waals surface area contributed by atoms with Crippen molar-refractivity contribution in [3.05, 3.63) is 29.6 Å². The van der Waals surface area contributed by atoms with Gasteiger partial charge in [0.2, 0.25) is 5.28 Å². The van der Waals surface area contributed by atoms with Crippen LogP contribution in [-0.4, -0.2) is 69.0 Å². The highest BCUT2D eigenvalue weighted by atomic mass is 35.5. The number of nitrogens with zero attached hydrogens (tertiary/aromatic N) is 6. The molecule has 3 aromatic heterocycles. The van der Waals surface area contributed by atoms with Crippen molar-refractivity contribution in [3.63, 3.8) is 0 Å². The van der Waals surface area contributed by atoms with Gasteiger partial charge in [-0.2, -0.15) is 28.2 Å². The van der Waals surface area contributed by atoms with Gasteiger partial charge in [0, 0.05) is 6.20 Å². The second-order valence-electron chi connectivity index (χ2n) is 6.85. The molecule has 31 heavy (non-hydrogen) atoms. The predicted molar refractivity (Wildman–Crippen MR) is 100 cm³/mol. The summed E-state index contributed by atoms with van der Waals surface area (Å²) in [4.78, 5) is 21.1. The summed E-state index contributed by atoms with van der Waals surface area (Å²) < 4.78 is 35.1. The summed E-state index contributed by atoms with van der Waals surface area (Å²) >= 11 is 5.88. The quantitative estimate of drug-likeness (QED) is 0.407. The Hall–Kier alpha value is -2.97. The Morgan fingerprint density at radius 1 is 1.26 bits per heavy atom. The lowest BCUT2D eigenvalue weighted by Crippen LogP contribution is -2.30. The number of aryl methyl sites for hydroxylation is 1. The molecule has 1 fully saturated rings. The number of carbonyl (C=O) groups is 1. The van der Waals surface area contributed by atoms with Crippen LogP contribution in [0.4, 0.5) is 19.0 Å². The molecular weight excluding hydrogens is 447 g/mol. The minimum Gasteiger partial charge on any atom is -0.475 e. The summed E-state index contributed by atoms with van der Waals surface area (Å²) in [5, 5.41) is 32.3. The number of imidazole rings is 1. The number of anilines is 1. The highest BCUT2D eigenvalue weighted by Gasteiger charge is 2.44. The van der Waals surface area contributed by atoms with E-state index in [4.69, 9.17) is 27.2 Å². The lowest BCUT2D eigenvalue weighted by Gasteiger charge is -2.18. The zero-order valence-electron chi connectivity index (χ0n) is 15.8. The Morgan fingerprint density at radius 2 is 1.87 bits per heavy atom. The molecule has 0 radical (unpaired) electrons. The number of carboxylic acids is 1. The molecule has 0 bridgehead atoms. The van der Waals surface area contributed by atoms with Crippen LogP contribution in [0.15, 0.2) is 18.7 Å².